The van der Waals surface area contributed by atoms with Gasteiger partial charge in [-0.15, -0.1) is 5.10 Å². The Kier molecular flexibility index (Phi) is 4.39. The number of nitrogens with zero attached hydrogens (tertiary/aromatic N) is 4. The van der Waals surface area contributed by atoms with E-state index in [1.54, 1.807) is 11.8 Å². The summed E-state index contributed by atoms with van der Waals surface area (Å²) in [5, 5.41) is 16.9. The molecule has 0 saturated carbocycles. The predicted octanol–water partition coefficient (Wildman–Crippen LogP) is 2.64. The molecule has 0 aliphatic rings. The number of methoxy groups -OCH3 is 1. The third-order valence-electron chi connectivity index (χ3n) is 3.38. The van der Waals surface area contributed by atoms with Crippen molar-refractivity contribution in [3.63, 3.8) is 0 Å². The molecule has 5 nitrogen and oxygen atoms in total. The van der Waals surface area contributed by atoms with Crippen LogP contribution in [-0.4, -0.2) is 22.1 Å². The third kappa shape index (κ3) is 3.47. The lowest BCUT2D eigenvalue weighted by Gasteiger charge is -2.19. The van der Waals surface area contributed by atoms with E-state index in [0.29, 0.717) is 24.5 Å². The first kappa shape index (κ1) is 15.2. The second-order valence-corrected chi connectivity index (χ2v) is 6.03. The van der Waals surface area contributed by atoms with Crippen molar-refractivity contribution in [1.29, 1.82) is 5.26 Å². The van der Waals surface area contributed by atoms with E-state index in [9.17, 15) is 0 Å². The molecule has 0 radical (unpaired) electrons. The molecule has 0 bridgehead atoms. The molecule has 0 saturated heterocycles. The first-order valence-electron chi connectivity index (χ1n) is 6.86. The highest BCUT2D eigenvalue weighted by Crippen LogP contribution is 2.22. The Morgan fingerprint density at radius 2 is 1.90 bits per heavy atom. The Morgan fingerprint density at radius 3 is 2.43 bits per heavy atom. The van der Waals surface area contributed by atoms with Gasteiger partial charge >= 0.3 is 0 Å². The molecule has 0 N–H and O–H groups in total. The quantitative estimate of drug-likeness (QED) is 0.865. The highest BCUT2D eigenvalue weighted by molar-refractivity contribution is 5.29. The van der Waals surface area contributed by atoms with Crippen LogP contribution < -0.4 is 0 Å². The van der Waals surface area contributed by atoms with E-state index in [0.717, 1.165) is 5.56 Å². The molecule has 0 spiro atoms. The minimum Gasteiger partial charge on any atom is -0.378 e. The second kappa shape index (κ2) is 6.06. The molecule has 1 aromatic carbocycles. The second-order valence-electron chi connectivity index (χ2n) is 6.03. The molecule has 0 aliphatic heterocycles. The summed E-state index contributed by atoms with van der Waals surface area (Å²) in [5.74, 6) is 0. The van der Waals surface area contributed by atoms with E-state index in [2.05, 4.69) is 55.3 Å². The van der Waals surface area contributed by atoms with E-state index in [1.165, 1.54) is 5.56 Å². The van der Waals surface area contributed by atoms with Gasteiger partial charge in [-0.2, -0.15) is 5.26 Å². The van der Waals surface area contributed by atoms with Gasteiger partial charge in [-0.3, -0.25) is 0 Å². The summed E-state index contributed by atoms with van der Waals surface area (Å²) in [4.78, 5) is 0. The molecular formula is C16H20N4O. The largest absolute Gasteiger partial charge is 0.378 e. The van der Waals surface area contributed by atoms with Crippen molar-refractivity contribution in [3.8, 4) is 6.07 Å². The first-order valence-corrected chi connectivity index (χ1v) is 6.86. The molecule has 110 valence electrons. The topological polar surface area (TPSA) is 63.7 Å². The van der Waals surface area contributed by atoms with Crippen molar-refractivity contribution in [1.82, 2.24) is 15.0 Å². The predicted molar refractivity (Wildman–Crippen MR) is 79.7 cm³/mol. The zero-order valence-electron chi connectivity index (χ0n) is 12.9. The Morgan fingerprint density at radius 1 is 1.24 bits per heavy atom. The van der Waals surface area contributed by atoms with Crippen LogP contribution in [0, 0.1) is 11.3 Å². The number of hydrogen-bond acceptors (Lipinski definition) is 4. The van der Waals surface area contributed by atoms with Gasteiger partial charge in [0, 0.05) is 7.11 Å². The highest BCUT2D eigenvalue weighted by atomic mass is 16.5. The molecular weight excluding hydrogens is 264 g/mol. The van der Waals surface area contributed by atoms with Crippen LogP contribution in [0.2, 0.25) is 0 Å². The Hall–Kier alpha value is -2.19. The Bertz CT molecular complexity index is 644. The van der Waals surface area contributed by atoms with Crippen LogP contribution >= 0.6 is 0 Å². The molecule has 1 aromatic heterocycles. The summed E-state index contributed by atoms with van der Waals surface area (Å²) < 4.78 is 6.84. The number of benzene rings is 1. The fourth-order valence-corrected chi connectivity index (χ4v) is 2.11. The molecule has 5 heteroatoms. The lowest BCUT2D eigenvalue weighted by atomic mass is 9.87. The minimum absolute atomic E-state index is 0.140. The zero-order chi connectivity index (χ0) is 15.5. The zero-order valence-corrected chi connectivity index (χ0v) is 12.9. The van der Waals surface area contributed by atoms with Crippen molar-refractivity contribution in [2.45, 2.75) is 39.3 Å². The van der Waals surface area contributed by atoms with Crippen molar-refractivity contribution in [3.05, 3.63) is 46.8 Å². The summed E-state index contributed by atoms with van der Waals surface area (Å²) in [6.07, 6.45) is 0. The smallest absolute Gasteiger partial charge is 0.188 e. The minimum atomic E-state index is 0.140. The van der Waals surface area contributed by atoms with E-state index in [4.69, 9.17) is 10.00 Å². The molecule has 0 atom stereocenters. The highest BCUT2D eigenvalue weighted by Gasteiger charge is 2.15. The van der Waals surface area contributed by atoms with Crippen LogP contribution in [0.5, 0.6) is 0 Å². The van der Waals surface area contributed by atoms with Crippen molar-refractivity contribution in [2.75, 3.05) is 7.11 Å². The van der Waals surface area contributed by atoms with Gasteiger partial charge in [-0.05, 0) is 16.5 Å². The third-order valence-corrected chi connectivity index (χ3v) is 3.38. The van der Waals surface area contributed by atoms with Gasteiger partial charge in [0.25, 0.3) is 0 Å². The van der Waals surface area contributed by atoms with Crippen LogP contribution in [0.15, 0.2) is 24.3 Å². The molecule has 21 heavy (non-hydrogen) atoms. The van der Waals surface area contributed by atoms with Crippen LogP contribution in [0.1, 0.15) is 43.3 Å². The summed E-state index contributed by atoms with van der Waals surface area (Å²) in [7, 11) is 1.59. The number of rotatable bonds is 4. The van der Waals surface area contributed by atoms with Crippen LogP contribution in [-0.2, 0) is 23.3 Å². The van der Waals surface area contributed by atoms with Gasteiger partial charge in [0.2, 0.25) is 0 Å². The molecule has 2 aromatic rings. The molecule has 0 unspecified atom stereocenters. The van der Waals surface area contributed by atoms with E-state index < -0.39 is 0 Å². The maximum Gasteiger partial charge on any atom is 0.188 e. The molecule has 0 aliphatic carbocycles. The maximum absolute atomic E-state index is 9.03. The van der Waals surface area contributed by atoms with Crippen LogP contribution in [0.25, 0.3) is 0 Å². The van der Waals surface area contributed by atoms with E-state index >= 15 is 0 Å². The maximum atomic E-state index is 9.03. The monoisotopic (exact) mass is 284 g/mol. The number of ether oxygens (including phenoxy) is 1. The van der Waals surface area contributed by atoms with Gasteiger partial charge in [-0.1, -0.05) is 50.3 Å². The summed E-state index contributed by atoms with van der Waals surface area (Å²) in [6.45, 7) is 7.48. The Balaban J connectivity index is 2.23. The van der Waals surface area contributed by atoms with Gasteiger partial charge < -0.3 is 4.74 Å². The standard InChI is InChI=1S/C16H20N4O/c1-16(2,3)13-7-5-12(6-8-13)10-20-15(11-21-4)14(9-17)18-19-20/h5-8H,10-11H2,1-4H3. The summed E-state index contributed by atoms with van der Waals surface area (Å²) in [5.41, 5.74) is 3.58. The lowest BCUT2D eigenvalue weighted by molar-refractivity contribution is 0.177. The molecule has 1 heterocycles. The fraction of sp³-hybridized carbons (Fsp3) is 0.438. The van der Waals surface area contributed by atoms with Crippen molar-refractivity contribution >= 4 is 0 Å². The molecule has 0 amide bonds. The van der Waals surface area contributed by atoms with Gasteiger partial charge in [0.1, 0.15) is 11.8 Å². The number of nitriles is 1. The SMILES string of the molecule is COCc1c(C#N)nnn1Cc1ccc(C(C)(C)C)cc1. The fourth-order valence-electron chi connectivity index (χ4n) is 2.11. The van der Waals surface area contributed by atoms with Crippen molar-refractivity contribution < 1.29 is 4.74 Å². The lowest BCUT2D eigenvalue weighted by Crippen LogP contribution is -2.12. The van der Waals surface area contributed by atoms with Gasteiger partial charge in [0.15, 0.2) is 5.69 Å². The Labute approximate surface area is 125 Å². The summed E-state index contributed by atoms with van der Waals surface area (Å²) >= 11 is 0. The van der Waals surface area contributed by atoms with Crippen LogP contribution in [0.3, 0.4) is 0 Å². The normalized spacial score (nSPS) is 11.4. The summed E-state index contributed by atoms with van der Waals surface area (Å²) in [6, 6.07) is 10.5. The molecule has 2 rings (SSSR count). The van der Waals surface area contributed by atoms with E-state index in [-0.39, 0.29) is 5.41 Å². The van der Waals surface area contributed by atoms with Crippen LogP contribution in [0.4, 0.5) is 0 Å². The van der Waals surface area contributed by atoms with Gasteiger partial charge in [-0.25, -0.2) is 4.68 Å². The number of hydrogen-bond donors (Lipinski definition) is 0. The van der Waals surface area contributed by atoms with E-state index in [1.807, 2.05) is 6.07 Å². The van der Waals surface area contributed by atoms with Crippen molar-refractivity contribution in [2.24, 2.45) is 0 Å². The first-order chi connectivity index (χ1) is 9.95. The van der Waals surface area contributed by atoms with Gasteiger partial charge in [0.05, 0.1) is 13.2 Å². The average molecular weight is 284 g/mol. The molecule has 0 fully saturated rings. The average Bonchev–Trinajstić information content (AvgIpc) is 2.81. The number of aromatic nitrogens is 3.